The molecular formula is C15H12O4. The molecule has 19 heavy (non-hydrogen) atoms. The zero-order valence-electron chi connectivity index (χ0n) is 10.2. The number of hydrogen-bond acceptors (Lipinski definition) is 4. The summed E-state index contributed by atoms with van der Waals surface area (Å²) in [6, 6.07) is 8.73. The van der Waals surface area contributed by atoms with Gasteiger partial charge in [0.05, 0.1) is 6.26 Å². The topological polar surface area (TPSA) is 48.7 Å². The molecule has 0 bridgehead atoms. The van der Waals surface area contributed by atoms with Gasteiger partial charge in [-0.2, -0.15) is 0 Å². The second-order valence-corrected chi connectivity index (χ2v) is 4.07. The van der Waals surface area contributed by atoms with E-state index in [4.69, 9.17) is 13.9 Å². The lowest BCUT2D eigenvalue weighted by Gasteiger charge is -2.18. The molecular weight excluding hydrogens is 244 g/mol. The van der Waals surface area contributed by atoms with Crippen molar-refractivity contribution in [1.82, 2.24) is 0 Å². The molecule has 0 saturated heterocycles. The predicted octanol–water partition coefficient (Wildman–Crippen LogP) is 2.95. The molecule has 0 aliphatic carbocycles. The maximum atomic E-state index is 12.0. The van der Waals surface area contributed by atoms with Crippen molar-refractivity contribution in [3.05, 3.63) is 54.0 Å². The van der Waals surface area contributed by atoms with Gasteiger partial charge in [-0.05, 0) is 42.5 Å². The Labute approximate surface area is 110 Å². The fraction of sp³-hybridized carbons (Fsp3) is 0.133. The number of benzene rings is 1. The van der Waals surface area contributed by atoms with E-state index in [-0.39, 0.29) is 5.78 Å². The second-order valence-electron chi connectivity index (χ2n) is 4.07. The van der Waals surface area contributed by atoms with Crippen molar-refractivity contribution < 1.29 is 18.7 Å². The molecule has 2 aromatic rings. The zero-order valence-corrected chi connectivity index (χ0v) is 10.2. The van der Waals surface area contributed by atoms with Crippen LogP contribution in [0.4, 0.5) is 0 Å². The molecule has 0 amide bonds. The monoisotopic (exact) mass is 256 g/mol. The molecule has 1 aliphatic rings. The summed E-state index contributed by atoms with van der Waals surface area (Å²) in [6.45, 7) is 1.05. The largest absolute Gasteiger partial charge is 0.486 e. The maximum Gasteiger partial charge on any atom is 0.186 e. The molecule has 0 fully saturated rings. The fourth-order valence-corrected chi connectivity index (χ4v) is 1.84. The zero-order chi connectivity index (χ0) is 13.1. The molecule has 3 rings (SSSR count). The number of allylic oxidation sites excluding steroid dienone is 1. The van der Waals surface area contributed by atoms with Gasteiger partial charge in [0.1, 0.15) is 19.0 Å². The van der Waals surface area contributed by atoms with Crippen LogP contribution in [0.1, 0.15) is 16.1 Å². The molecule has 1 aromatic heterocycles. The van der Waals surface area contributed by atoms with E-state index in [0.29, 0.717) is 36.0 Å². The van der Waals surface area contributed by atoms with E-state index in [1.807, 2.05) is 0 Å². The summed E-state index contributed by atoms with van der Waals surface area (Å²) in [5.74, 6) is 1.83. The Bertz CT molecular complexity index is 611. The Morgan fingerprint density at radius 2 is 1.95 bits per heavy atom. The molecule has 0 atom stereocenters. The molecule has 0 N–H and O–H groups in total. The number of furan rings is 1. The second kappa shape index (κ2) is 5.02. The van der Waals surface area contributed by atoms with E-state index in [1.165, 1.54) is 6.08 Å². The first-order valence-corrected chi connectivity index (χ1v) is 5.98. The maximum absolute atomic E-state index is 12.0. The molecule has 4 nitrogen and oxygen atoms in total. The molecule has 96 valence electrons. The summed E-state index contributed by atoms with van der Waals surface area (Å²) >= 11 is 0. The highest BCUT2D eigenvalue weighted by molar-refractivity contribution is 6.07. The number of carbonyl (C=O) groups excluding carboxylic acids is 1. The first kappa shape index (κ1) is 11.6. The van der Waals surface area contributed by atoms with Crippen LogP contribution < -0.4 is 9.47 Å². The standard InChI is InChI=1S/C15H12O4/c16-13(5-4-12-2-1-7-17-12)11-3-6-14-15(10-11)19-9-8-18-14/h1-7,10H,8-9H2. The molecule has 2 heterocycles. The third-order valence-electron chi connectivity index (χ3n) is 2.77. The van der Waals surface area contributed by atoms with E-state index < -0.39 is 0 Å². The number of ether oxygens (including phenoxy) is 2. The smallest absolute Gasteiger partial charge is 0.186 e. The van der Waals surface area contributed by atoms with E-state index in [0.717, 1.165) is 0 Å². The number of fused-ring (bicyclic) bond motifs is 1. The summed E-state index contributed by atoms with van der Waals surface area (Å²) in [5.41, 5.74) is 0.562. The van der Waals surface area contributed by atoms with Gasteiger partial charge in [-0.15, -0.1) is 0 Å². The minimum absolute atomic E-state index is 0.103. The number of rotatable bonds is 3. The Kier molecular flexibility index (Phi) is 3.06. The van der Waals surface area contributed by atoms with Gasteiger partial charge in [-0.3, -0.25) is 4.79 Å². The van der Waals surface area contributed by atoms with Crippen LogP contribution in [0.2, 0.25) is 0 Å². The lowest BCUT2D eigenvalue weighted by atomic mass is 10.1. The van der Waals surface area contributed by atoms with Gasteiger partial charge in [-0.1, -0.05) is 0 Å². The predicted molar refractivity (Wildman–Crippen MR) is 69.5 cm³/mol. The van der Waals surface area contributed by atoms with Gasteiger partial charge < -0.3 is 13.9 Å². The van der Waals surface area contributed by atoms with Crippen LogP contribution in [0.5, 0.6) is 11.5 Å². The lowest BCUT2D eigenvalue weighted by molar-refractivity contribution is 0.104. The summed E-state index contributed by atoms with van der Waals surface area (Å²) in [6.07, 6.45) is 4.68. The van der Waals surface area contributed by atoms with E-state index in [2.05, 4.69) is 0 Å². The summed E-state index contributed by atoms with van der Waals surface area (Å²) in [4.78, 5) is 12.0. The van der Waals surface area contributed by atoms with Crippen LogP contribution in [-0.4, -0.2) is 19.0 Å². The summed E-state index contributed by atoms with van der Waals surface area (Å²) in [7, 11) is 0. The average molecular weight is 256 g/mol. The van der Waals surface area contributed by atoms with E-state index in [1.54, 1.807) is 42.7 Å². The number of ketones is 1. The van der Waals surface area contributed by atoms with Crippen LogP contribution in [0.15, 0.2) is 47.1 Å². The summed E-state index contributed by atoms with van der Waals surface area (Å²) in [5, 5.41) is 0. The SMILES string of the molecule is O=C(C=Cc1ccco1)c1ccc2c(c1)OCCO2. The Balaban J connectivity index is 1.80. The Morgan fingerprint density at radius 1 is 1.11 bits per heavy atom. The van der Waals surface area contributed by atoms with Crippen molar-refractivity contribution in [3.8, 4) is 11.5 Å². The van der Waals surface area contributed by atoms with Crippen LogP contribution in [-0.2, 0) is 0 Å². The quantitative estimate of drug-likeness (QED) is 0.625. The molecule has 0 spiro atoms. The minimum Gasteiger partial charge on any atom is -0.486 e. The highest BCUT2D eigenvalue weighted by Crippen LogP contribution is 2.30. The number of hydrogen-bond donors (Lipinski definition) is 0. The van der Waals surface area contributed by atoms with Gasteiger partial charge in [0.25, 0.3) is 0 Å². The van der Waals surface area contributed by atoms with Crippen molar-refractivity contribution in [2.75, 3.05) is 13.2 Å². The van der Waals surface area contributed by atoms with Crippen molar-refractivity contribution in [2.24, 2.45) is 0 Å². The molecule has 1 aliphatic heterocycles. The fourth-order valence-electron chi connectivity index (χ4n) is 1.84. The normalized spacial score (nSPS) is 13.7. The van der Waals surface area contributed by atoms with Gasteiger partial charge in [0.2, 0.25) is 0 Å². The third kappa shape index (κ3) is 2.52. The summed E-state index contributed by atoms with van der Waals surface area (Å²) < 4.78 is 16.0. The molecule has 4 heteroatoms. The van der Waals surface area contributed by atoms with Crippen molar-refractivity contribution in [3.63, 3.8) is 0 Å². The van der Waals surface area contributed by atoms with Gasteiger partial charge in [0.15, 0.2) is 17.3 Å². The molecule has 1 aromatic carbocycles. The van der Waals surface area contributed by atoms with Crippen molar-refractivity contribution in [2.45, 2.75) is 0 Å². The first-order valence-electron chi connectivity index (χ1n) is 5.98. The first-order chi connectivity index (χ1) is 9.33. The van der Waals surface area contributed by atoms with Crippen molar-refractivity contribution >= 4 is 11.9 Å². The molecule has 0 unspecified atom stereocenters. The minimum atomic E-state index is -0.103. The average Bonchev–Trinajstić information content (AvgIpc) is 2.97. The van der Waals surface area contributed by atoms with Gasteiger partial charge in [0, 0.05) is 5.56 Å². The van der Waals surface area contributed by atoms with Gasteiger partial charge >= 0.3 is 0 Å². The van der Waals surface area contributed by atoms with Gasteiger partial charge in [-0.25, -0.2) is 0 Å². The highest BCUT2D eigenvalue weighted by Gasteiger charge is 2.13. The van der Waals surface area contributed by atoms with E-state index >= 15 is 0 Å². The van der Waals surface area contributed by atoms with Crippen LogP contribution in [0, 0.1) is 0 Å². The van der Waals surface area contributed by atoms with Crippen LogP contribution in [0.25, 0.3) is 6.08 Å². The van der Waals surface area contributed by atoms with Crippen LogP contribution in [0.3, 0.4) is 0 Å². The highest BCUT2D eigenvalue weighted by atomic mass is 16.6. The lowest BCUT2D eigenvalue weighted by Crippen LogP contribution is -2.15. The van der Waals surface area contributed by atoms with E-state index in [9.17, 15) is 4.79 Å². The molecule has 0 radical (unpaired) electrons. The molecule has 0 saturated carbocycles. The van der Waals surface area contributed by atoms with Crippen molar-refractivity contribution in [1.29, 1.82) is 0 Å². The third-order valence-corrected chi connectivity index (χ3v) is 2.77. The number of carbonyl (C=O) groups is 1. The van der Waals surface area contributed by atoms with Crippen LogP contribution >= 0.6 is 0 Å². The Hall–Kier alpha value is -2.49. The Morgan fingerprint density at radius 3 is 2.74 bits per heavy atom.